The first-order valence-corrected chi connectivity index (χ1v) is 8.12. The van der Waals surface area contributed by atoms with E-state index in [0.29, 0.717) is 10.3 Å². The van der Waals surface area contributed by atoms with Gasteiger partial charge >= 0.3 is 6.18 Å². The van der Waals surface area contributed by atoms with E-state index in [9.17, 15) is 13.2 Å². The van der Waals surface area contributed by atoms with E-state index in [4.69, 9.17) is 12.2 Å². The fourth-order valence-electron chi connectivity index (χ4n) is 2.79. The fraction of sp³-hybridized carbons (Fsp3) is 0.500. The van der Waals surface area contributed by atoms with Crippen molar-refractivity contribution in [2.75, 3.05) is 5.75 Å². The van der Waals surface area contributed by atoms with Gasteiger partial charge in [0.2, 0.25) is 0 Å². The van der Waals surface area contributed by atoms with Crippen LogP contribution >= 0.6 is 24.0 Å². The number of hydrogen-bond donors (Lipinski definition) is 1. The minimum Gasteiger partial charge on any atom is -0.331 e. The Morgan fingerprint density at radius 2 is 2.19 bits per heavy atom. The molecule has 21 heavy (non-hydrogen) atoms. The van der Waals surface area contributed by atoms with E-state index in [0.717, 1.165) is 36.4 Å². The zero-order valence-corrected chi connectivity index (χ0v) is 13.1. The molecule has 0 radical (unpaired) electrons. The summed E-state index contributed by atoms with van der Waals surface area (Å²) in [6, 6.07) is 3.75. The number of imidazole rings is 1. The minimum atomic E-state index is -4.33. The Hall–Kier alpha value is -0.950. The number of halogens is 3. The monoisotopic (exact) mass is 332 g/mol. The van der Waals surface area contributed by atoms with Crippen LogP contribution in [0.3, 0.4) is 0 Å². The minimum absolute atomic E-state index is 0.107. The lowest BCUT2D eigenvalue weighted by Crippen LogP contribution is -2.23. The predicted molar refractivity (Wildman–Crippen MR) is 82.2 cm³/mol. The van der Waals surface area contributed by atoms with E-state index in [-0.39, 0.29) is 4.75 Å². The Morgan fingerprint density at radius 1 is 1.43 bits per heavy atom. The highest BCUT2D eigenvalue weighted by Crippen LogP contribution is 2.40. The van der Waals surface area contributed by atoms with Gasteiger partial charge in [-0.1, -0.05) is 0 Å². The maximum atomic E-state index is 12.8. The third-order valence-electron chi connectivity index (χ3n) is 3.89. The Morgan fingerprint density at radius 3 is 2.81 bits per heavy atom. The molecule has 3 rings (SSSR count). The van der Waals surface area contributed by atoms with Crippen LogP contribution in [-0.2, 0) is 12.7 Å². The lowest BCUT2D eigenvalue weighted by atomic mass is 10.1. The second-order valence-electron chi connectivity index (χ2n) is 5.65. The Balaban J connectivity index is 2.04. The van der Waals surface area contributed by atoms with Crippen LogP contribution in [0.2, 0.25) is 0 Å². The van der Waals surface area contributed by atoms with Gasteiger partial charge in [0.25, 0.3) is 0 Å². The lowest BCUT2D eigenvalue weighted by Gasteiger charge is -2.23. The summed E-state index contributed by atoms with van der Waals surface area (Å²) in [7, 11) is 0. The van der Waals surface area contributed by atoms with Gasteiger partial charge in [0, 0.05) is 11.3 Å². The first-order valence-electron chi connectivity index (χ1n) is 6.72. The molecule has 0 amide bonds. The van der Waals surface area contributed by atoms with Crippen molar-refractivity contribution in [2.24, 2.45) is 0 Å². The first kappa shape index (κ1) is 15.0. The van der Waals surface area contributed by atoms with E-state index in [1.165, 1.54) is 12.5 Å². The van der Waals surface area contributed by atoms with Crippen molar-refractivity contribution in [1.29, 1.82) is 0 Å². The van der Waals surface area contributed by atoms with E-state index < -0.39 is 11.7 Å². The number of nitrogens with one attached hydrogen (secondary N) is 1. The van der Waals surface area contributed by atoms with Gasteiger partial charge in [-0.15, -0.1) is 0 Å². The van der Waals surface area contributed by atoms with Gasteiger partial charge in [-0.2, -0.15) is 24.9 Å². The standard InChI is InChI=1S/C14H15F3N2S2/c1-13(5-2-6-21-13)8-19-11-4-3-9(14(15,16)17)7-10(11)18-12(19)20/h3-4,7H,2,5-6,8H2,1H3,(H,18,20). The summed E-state index contributed by atoms with van der Waals surface area (Å²) in [4.78, 5) is 2.90. The van der Waals surface area contributed by atoms with Gasteiger partial charge in [0.1, 0.15) is 0 Å². The van der Waals surface area contributed by atoms with Crippen LogP contribution in [0, 0.1) is 4.77 Å². The van der Waals surface area contributed by atoms with Crippen molar-refractivity contribution < 1.29 is 13.2 Å². The van der Waals surface area contributed by atoms with Gasteiger partial charge in [0.15, 0.2) is 4.77 Å². The molecule has 1 saturated heterocycles. The molecule has 0 saturated carbocycles. The summed E-state index contributed by atoms with van der Waals surface area (Å²) in [5.41, 5.74) is 0.531. The van der Waals surface area contributed by atoms with E-state index in [1.54, 1.807) is 0 Å². The van der Waals surface area contributed by atoms with E-state index in [2.05, 4.69) is 11.9 Å². The molecule has 2 nitrogen and oxygen atoms in total. The molecular formula is C14H15F3N2S2. The zero-order valence-electron chi connectivity index (χ0n) is 11.5. The Kier molecular flexibility index (Phi) is 3.60. The molecule has 0 bridgehead atoms. The number of H-pyrrole nitrogens is 1. The van der Waals surface area contributed by atoms with Crippen LogP contribution < -0.4 is 0 Å². The molecule has 1 unspecified atom stereocenters. The van der Waals surface area contributed by atoms with Crippen LogP contribution in [0.5, 0.6) is 0 Å². The number of rotatable bonds is 2. The van der Waals surface area contributed by atoms with Gasteiger partial charge < -0.3 is 9.55 Å². The van der Waals surface area contributed by atoms with Crippen LogP contribution in [0.25, 0.3) is 11.0 Å². The SMILES string of the molecule is CC1(Cn2c(=S)[nH]c3cc(C(F)(F)F)ccc32)CCCS1. The maximum absolute atomic E-state index is 12.8. The van der Waals surface area contributed by atoms with Crippen molar-refractivity contribution in [3.8, 4) is 0 Å². The zero-order chi connectivity index (χ0) is 15.3. The van der Waals surface area contributed by atoms with Crippen molar-refractivity contribution in [2.45, 2.75) is 37.2 Å². The van der Waals surface area contributed by atoms with Crippen LogP contribution in [-0.4, -0.2) is 20.1 Å². The third-order valence-corrected chi connectivity index (χ3v) is 5.74. The third kappa shape index (κ3) is 2.85. The number of alkyl halides is 3. The number of benzene rings is 1. The molecule has 114 valence electrons. The molecule has 2 heterocycles. The molecule has 0 spiro atoms. The molecule has 1 fully saturated rings. The van der Waals surface area contributed by atoms with Crippen LogP contribution in [0.4, 0.5) is 13.2 Å². The van der Waals surface area contributed by atoms with Crippen LogP contribution in [0.1, 0.15) is 25.3 Å². The number of aromatic nitrogens is 2. The van der Waals surface area contributed by atoms with Gasteiger partial charge in [-0.25, -0.2) is 0 Å². The largest absolute Gasteiger partial charge is 0.416 e. The number of nitrogens with zero attached hydrogens (tertiary/aromatic N) is 1. The quantitative estimate of drug-likeness (QED) is 0.781. The summed E-state index contributed by atoms with van der Waals surface area (Å²) in [5, 5.41) is 0. The highest BCUT2D eigenvalue weighted by molar-refractivity contribution is 8.00. The summed E-state index contributed by atoms with van der Waals surface area (Å²) in [6.07, 6.45) is -2.05. The summed E-state index contributed by atoms with van der Waals surface area (Å²) >= 11 is 7.20. The predicted octanol–water partition coefficient (Wildman–Crippen LogP) is 5.00. The van der Waals surface area contributed by atoms with Crippen molar-refractivity contribution >= 4 is 35.0 Å². The molecule has 1 aromatic heterocycles. The van der Waals surface area contributed by atoms with E-state index >= 15 is 0 Å². The second-order valence-corrected chi connectivity index (χ2v) is 7.72. The highest BCUT2D eigenvalue weighted by Gasteiger charge is 2.32. The molecular weight excluding hydrogens is 317 g/mol. The van der Waals surface area contributed by atoms with Gasteiger partial charge in [-0.05, 0) is 55.9 Å². The lowest BCUT2D eigenvalue weighted by molar-refractivity contribution is -0.137. The van der Waals surface area contributed by atoms with Crippen molar-refractivity contribution in [3.05, 3.63) is 28.5 Å². The molecule has 1 aliphatic rings. The summed E-state index contributed by atoms with van der Waals surface area (Å²) in [6.45, 7) is 2.91. The maximum Gasteiger partial charge on any atom is 0.416 e. The molecule has 1 N–H and O–H groups in total. The average Bonchev–Trinajstić information content (AvgIpc) is 2.94. The number of aromatic amines is 1. The number of thioether (sulfide) groups is 1. The van der Waals surface area contributed by atoms with E-state index in [1.807, 2.05) is 16.3 Å². The van der Waals surface area contributed by atoms with Crippen molar-refractivity contribution in [3.63, 3.8) is 0 Å². The highest BCUT2D eigenvalue weighted by atomic mass is 32.2. The topological polar surface area (TPSA) is 20.7 Å². The van der Waals surface area contributed by atoms with Gasteiger partial charge in [0.05, 0.1) is 16.6 Å². The van der Waals surface area contributed by atoms with Crippen molar-refractivity contribution in [1.82, 2.24) is 9.55 Å². The average molecular weight is 332 g/mol. The normalized spacial score (nSPS) is 23.0. The number of fused-ring (bicyclic) bond motifs is 1. The first-order chi connectivity index (χ1) is 9.78. The van der Waals surface area contributed by atoms with Crippen LogP contribution in [0.15, 0.2) is 18.2 Å². The van der Waals surface area contributed by atoms with Gasteiger partial charge in [-0.3, -0.25) is 0 Å². The molecule has 1 atom stereocenters. The molecule has 1 aromatic carbocycles. The summed E-state index contributed by atoms with van der Waals surface area (Å²) < 4.78 is 40.8. The fourth-order valence-corrected chi connectivity index (χ4v) is 4.36. The second kappa shape index (κ2) is 5.05. The Labute approximate surface area is 129 Å². The molecule has 7 heteroatoms. The number of hydrogen-bond acceptors (Lipinski definition) is 2. The Bertz CT molecular complexity index is 724. The molecule has 0 aliphatic carbocycles. The molecule has 1 aliphatic heterocycles. The molecule has 2 aromatic rings. The smallest absolute Gasteiger partial charge is 0.331 e. The summed E-state index contributed by atoms with van der Waals surface area (Å²) in [5.74, 6) is 1.13.